The van der Waals surface area contributed by atoms with Crippen molar-refractivity contribution in [2.24, 2.45) is 0 Å². The minimum absolute atomic E-state index is 0.140. The van der Waals surface area contributed by atoms with Gasteiger partial charge in [0.1, 0.15) is 0 Å². The molecule has 2 heterocycles. The fraction of sp³-hybridized carbons (Fsp3) is 0.429. The van der Waals surface area contributed by atoms with Gasteiger partial charge in [-0.2, -0.15) is 5.10 Å². The lowest BCUT2D eigenvalue weighted by Gasteiger charge is -2.16. The number of furan rings is 1. The van der Waals surface area contributed by atoms with Gasteiger partial charge in [0.05, 0.1) is 5.69 Å². The molecule has 0 aromatic carbocycles. The molecule has 0 saturated carbocycles. The number of aryl methyl sites for hydroxylation is 2. The van der Waals surface area contributed by atoms with E-state index in [1.54, 1.807) is 24.1 Å². The number of hydrogen-bond donors (Lipinski definition) is 0. The molecule has 5 nitrogen and oxygen atoms in total. The molecule has 0 radical (unpaired) electrons. The van der Waals surface area contributed by atoms with E-state index in [1.807, 2.05) is 18.5 Å². The molecule has 0 saturated heterocycles. The van der Waals surface area contributed by atoms with E-state index in [4.69, 9.17) is 4.42 Å². The Morgan fingerprint density at radius 1 is 1.45 bits per heavy atom. The molecule has 108 valence electrons. The Labute approximate surface area is 126 Å². The number of carbonyl (C=O) groups excluding carboxylic acids is 1. The van der Waals surface area contributed by atoms with Gasteiger partial charge in [0.15, 0.2) is 10.4 Å². The van der Waals surface area contributed by atoms with Gasteiger partial charge >= 0.3 is 0 Å². The maximum atomic E-state index is 12.2. The first-order valence-electron chi connectivity index (χ1n) is 6.47. The zero-order chi connectivity index (χ0) is 14.9. The summed E-state index contributed by atoms with van der Waals surface area (Å²) >= 11 is 3.20. The standard InChI is InChI=1S/C14H18BrN3O2/c1-5-18-10(3)11(9(2)16-18)8-17(4)14(19)12-6-7-13(15)20-12/h6-7H,5,8H2,1-4H3. The summed E-state index contributed by atoms with van der Waals surface area (Å²) in [7, 11) is 1.76. The van der Waals surface area contributed by atoms with Crippen LogP contribution in [0.3, 0.4) is 0 Å². The van der Waals surface area contributed by atoms with Crippen LogP contribution in [0.1, 0.15) is 34.4 Å². The molecule has 0 aliphatic heterocycles. The minimum atomic E-state index is -0.140. The van der Waals surface area contributed by atoms with Crippen molar-refractivity contribution in [3.63, 3.8) is 0 Å². The van der Waals surface area contributed by atoms with Gasteiger partial charge in [-0.25, -0.2) is 0 Å². The van der Waals surface area contributed by atoms with Crippen LogP contribution in [0.2, 0.25) is 0 Å². The fourth-order valence-electron chi connectivity index (χ4n) is 2.20. The number of rotatable bonds is 4. The van der Waals surface area contributed by atoms with Gasteiger partial charge in [0, 0.05) is 31.4 Å². The molecule has 0 spiro atoms. The molecule has 0 N–H and O–H groups in total. The number of nitrogens with zero attached hydrogens (tertiary/aromatic N) is 3. The summed E-state index contributed by atoms with van der Waals surface area (Å²) in [6.07, 6.45) is 0. The van der Waals surface area contributed by atoms with Crippen molar-refractivity contribution in [1.29, 1.82) is 0 Å². The van der Waals surface area contributed by atoms with Crippen LogP contribution in [-0.2, 0) is 13.1 Å². The highest BCUT2D eigenvalue weighted by Crippen LogP contribution is 2.19. The molecule has 0 aliphatic rings. The first kappa shape index (κ1) is 14.8. The lowest BCUT2D eigenvalue weighted by atomic mass is 10.2. The van der Waals surface area contributed by atoms with Crippen molar-refractivity contribution >= 4 is 21.8 Å². The van der Waals surface area contributed by atoms with E-state index in [1.165, 1.54) is 0 Å². The highest BCUT2D eigenvalue weighted by Gasteiger charge is 2.19. The van der Waals surface area contributed by atoms with Crippen molar-refractivity contribution in [2.45, 2.75) is 33.9 Å². The number of halogens is 1. The predicted molar refractivity (Wildman–Crippen MR) is 79.6 cm³/mol. The van der Waals surface area contributed by atoms with Gasteiger partial charge < -0.3 is 9.32 Å². The van der Waals surface area contributed by atoms with Crippen molar-refractivity contribution < 1.29 is 9.21 Å². The third-order valence-electron chi connectivity index (χ3n) is 3.36. The number of amides is 1. The second-order valence-corrected chi connectivity index (χ2v) is 5.51. The third-order valence-corrected chi connectivity index (χ3v) is 3.78. The Hall–Kier alpha value is -1.56. The molecule has 0 aliphatic carbocycles. The zero-order valence-corrected chi connectivity index (χ0v) is 13.7. The van der Waals surface area contributed by atoms with E-state index in [0.717, 1.165) is 23.5 Å². The van der Waals surface area contributed by atoms with E-state index in [-0.39, 0.29) is 5.91 Å². The quantitative estimate of drug-likeness (QED) is 0.859. The SMILES string of the molecule is CCn1nc(C)c(CN(C)C(=O)c2ccc(Br)o2)c1C. The Balaban J connectivity index is 2.17. The Bertz CT molecular complexity index is 630. The molecular weight excluding hydrogens is 322 g/mol. The first-order chi connectivity index (χ1) is 9.43. The van der Waals surface area contributed by atoms with E-state index >= 15 is 0 Å². The summed E-state index contributed by atoms with van der Waals surface area (Å²) in [4.78, 5) is 13.9. The fourth-order valence-corrected chi connectivity index (χ4v) is 2.50. The second-order valence-electron chi connectivity index (χ2n) is 4.73. The van der Waals surface area contributed by atoms with Gasteiger partial charge in [0.25, 0.3) is 5.91 Å². The second kappa shape index (κ2) is 5.83. The average molecular weight is 340 g/mol. The van der Waals surface area contributed by atoms with Crippen LogP contribution in [0.5, 0.6) is 0 Å². The van der Waals surface area contributed by atoms with Gasteiger partial charge in [0.2, 0.25) is 0 Å². The molecule has 0 fully saturated rings. The monoisotopic (exact) mass is 339 g/mol. The maximum absolute atomic E-state index is 12.2. The molecule has 1 amide bonds. The molecule has 6 heteroatoms. The molecule has 2 aromatic heterocycles. The van der Waals surface area contributed by atoms with E-state index < -0.39 is 0 Å². The summed E-state index contributed by atoms with van der Waals surface area (Å²) < 4.78 is 7.80. The van der Waals surface area contributed by atoms with Gasteiger partial charge in [-0.3, -0.25) is 9.48 Å². The summed E-state index contributed by atoms with van der Waals surface area (Å²) in [5, 5.41) is 4.47. The van der Waals surface area contributed by atoms with E-state index in [2.05, 4.69) is 28.0 Å². The van der Waals surface area contributed by atoms with Gasteiger partial charge in [-0.15, -0.1) is 0 Å². The molecule has 0 unspecified atom stereocenters. The van der Waals surface area contributed by atoms with Crippen molar-refractivity contribution in [2.75, 3.05) is 7.05 Å². The largest absolute Gasteiger partial charge is 0.444 e. The first-order valence-corrected chi connectivity index (χ1v) is 7.27. The molecule has 2 aromatic rings. The lowest BCUT2D eigenvalue weighted by Crippen LogP contribution is -2.26. The number of hydrogen-bond acceptors (Lipinski definition) is 3. The van der Waals surface area contributed by atoms with Crippen molar-refractivity contribution in [3.05, 3.63) is 39.5 Å². The zero-order valence-electron chi connectivity index (χ0n) is 12.1. The highest BCUT2D eigenvalue weighted by atomic mass is 79.9. The number of carbonyl (C=O) groups is 1. The maximum Gasteiger partial charge on any atom is 0.289 e. The lowest BCUT2D eigenvalue weighted by molar-refractivity contribution is 0.0751. The molecule has 20 heavy (non-hydrogen) atoms. The number of aromatic nitrogens is 2. The molecule has 0 bridgehead atoms. The summed E-state index contributed by atoms with van der Waals surface area (Å²) in [5.41, 5.74) is 3.16. The Morgan fingerprint density at radius 2 is 2.15 bits per heavy atom. The Kier molecular flexibility index (Phi) is 4.32. The van der Waals surface area contributed by atoms with Crippen LogP contribution in [0.4, 0.5) is 0 Å². The topological polar surface area (TPSA) is 51.3 Å². The smallest absolute Gasteiger partial charge is 0.289 e. The van der Waals surface area contributed by atoms with Gasteiger partial charge in [-0.1, -0.05) is 0 Å². The van der Waals surface area contributed by atoms with Crippen molar-refractivity contribution in [1.82, 2.24) is 14.7 Å². The average Bonchev–Trinajstić information content (AvgIpc) is 2.96. The summed E-state index contributed by atoms with van der Waals surface area (Å²) in [5.74, 6) is 0.191. The van der Waals surface area contributed by atoms with E-state index in [0.29, 0.717) is 17.0 Å². The normalized spacial score (nSPS) is 10.8. The highest BCUT2D eigenvalue weighted by molar-refractivity contribution is 9.10. The van der Waals surface area contributed by atoms with Crippen LogP contribution in [-0.4, -0.2) is 27.6 Å². The van der Waals surface area contributed by atoms with Crippen LogP contribution < -0.4 is 0 Å². The van der Waals surface area contributed by atoms with Crippen LogP contribution in [0.25, 0.3) is 0 Å². The van der Waals surface area contributed by atoms with E-state index in [9.17, 15) is 4.79 Å². The van der Waals surface area contributed by atoms with Crippen LogP contribution >= 0.6 is 15.9 Å². The minimum Gasteiger partial charge on any atom is -0.444 e. The third kappa shape index (κ3) is 2.80. The molecule has 2 rings (SSSR count). The molecular formula is C14H18BrN3O2. The molecule has 0 atom stereocenters. The Morgan fingerprint density at radius 3 is 2.65 bits per heavy atom. The summed E-state index contributed by atoms with van der Waals surface area (Å²) in [6, 6.07) is 3.38. The van der Waals surface area contributed by atoms with Crippen LogP contribution in [0, 0.1) is 13.8 Å². The predicted octanol–water partition coefficient (Wildman–Crippen LogP) is 3.15. The summed E-state index contributed by atoms with van der Waals surface area (Å²) in [6.45, 7) is 7.40. The van der Waals surface area contributed by atoms with Crippen molar-refractivity contribution in [3.8, 4) is 0 Å². The van der Waals surface area contributed by atoms with Crippen LogP contribution in [0.15, 0.2) is 21.2 Å². The van der Waals surface area contributed by atoms with Gasteiger partial charge in [-0.05, 0) is 48.8 Å².